The Morgan fingerprint density at radius 3 is 2.51 bits per heavy atom. The van der Waals surface area contributed by atoms with Gasteiger partial charge in [-0.2, -0.15) is 5.06 Å². The van der Waals surface area contributed by atoms with Crippen LogP contribution in [0, 0.1) is 12.7 Å². The number of aromatic nitrogens is 1. The summed E-state index contributed by atoms with van der Waals surface area (Å²) in [4.78, 5) is 17.5. The van der Waals surface area contributed by atoms with Crippen molar-refractivity contribution < 1.29 is 18.5 Å². The number of nitrogens with zero attached hydrogens (tertiary/aromatic N) is 4. The van der Waals surface area contributed by atoms with Gasteiger partial charge in [0.25, 0.3) is 0 Å². The maximum Gasteiger partial charge on any atom is 0.123 e. The first-order valence-corrected chi connectivity index (χ1v) is 11.6. The molecule has 0 radical (unpaired) electrons. The molecular formula is C27H32F2N4O2. The third-order valence-corrected chi connectivity index (χ3v) is 5.69. The SMILES string of the molecule is C=C(F)/C=C(\C=N/OC)CON1CCN(c2c(CC)cnc(C)c2/C=C/c2ccc(F)cc2)CC1. The monoisotopic (exact) mass is 482 g/mol. The highest BCUT2D eigenvalue weighted by atomic mass is 19.1. The van der Waals surface area contributed by atoms with Crippen LogP contribution in [0.15, 0.2) is 59.7 Å². The fraction of sp³-hybridized carbons (Fsp3) is 0.333. The van der Waals surface area contributed by atoms with Gasteiger partial charge in [0, 0.05) is 49.2 Å². The quantitative estimate of drug-likeness (QED) is 0.259. The lowest BCUT2D eigenvalue weighted by Gasteiger charge is -2.37. The zero-order valence-corrected chi connectivity index (χ0v) is 20.5. The molecule has 0 atom stereocenters. The molecule has 0 amide bonds. The van der Waals surface area contributed by atoms with E-state index in [1.54, 1.807) is 12.1 Å². The largest absolute Gasteiger partial charge is 0.399 e. The summed E-state index contributed by atoms with van der Waals surface area (Å²) in [6, 6.07) is 6.43. The Morgan fingerprint density at radius 1 is 1.17 bits per heavy atom. The third-order valence-electron chi connectivity index (χ3n) is 5.69. The van der Waals surface area contributed by atoms with E-state index >= 15 is 0 Å². The van der Waals surface area contributed by atoms with Crippen LogP contribution in [-0.4, -0.2) is 56.2 Å². The topological polar surface area (TPSA) is 50.2 Å². The van der Waals surface area contributed by atoms with E-state index in [0.717, 1.165) is 36.3 Å². The van der Waals surface area contributed by atoms with Crippen molar-refractivity contribution in [3.8, 4) is 0 Å². The van der Waals surface area contributed by atoms with Gasteiger partial charge >= 0.3 is 0 Å². The average molecular weight is 483 g/mol. The number of hydroxylamine groups is 2. The van der Waals surface area contributed by atoms with Crippen LogP contribution < -0.4 is 4.90 Å². The molecule has 0 saturated carbocycles. The highest BCUT2D eigenvalue weighted by Gasteiger charge is 2.22. The normalized spacial score (nSPS) is 15.3. The number of benzene rings is 1. The summed E-state index contributed by atoms with van der Waals surface area (Å²) < 4.78 is 26.5. The van der Waals surface area contributed by atoms with E-state index < -0.39 is 5.83 Å². The first kappa shape index (κ1) is 26.2. The molecular weight excluding hydrogens is 450 g/mol. The Hall–Kier alpha value is -3.36. The Balaban J connectivity index is 1.73. The highest BCUT2D eigenvalue weighted by Crippen LogP contribution is 2.30. The molecule has 1 aliphatic rings. The summed E-state index contributed by atoms with van der Waals surface area (Å²) in [5, 5.41) is 5.56. The van der Waals surface area contributed by atoms with E-state index in [9.17, 15) is 8.78 Å². The zero-order valence-electron chi connectivity index (χ0n) is 20.5. The van der Waals surface area contributed by atoms with Gasteiger partial charge in [-0.3, -0.25) is 9.82 Å². The minimum Gasteiger partial charge on any atom is -0.399 e. The molecule has 1 aromatic carbocycles. The van der Waals surface area contributed by atoms with Crippen molar-refractivity contribution in [1.29, 1.82) is 0 Å². The molecule has 6 nitrogen and oxygen atoms in total. The van der Waals surface area contributed by atoms with Gasteiger partial charge in [0.1, 0.15) is 18.8 Å². The molecule has 2 heterocycles. The second-order valence-electron chi connectivity index (χ2n) is 8.14. The van der Waals surface area contributed by atoms with Crippen molar-refractivity contribution in [3.05, 3.63) is 82.7 Å². The molecule has 0 unspecified atom stereocenters. The van der Waals surface area contributed by atoms with Gasteiger partial charge in [0.2, 0.25) is 0 Å². The number of piperazine rings is 1. The van der Waals surface area contributed by atoms with Crippen LogP contribution in [0.25, 0.3) is 12.2 Å². The van der Waals surface area contributed by atoms with Crippen molar-refractivity contribution in [2.45, 2.75) is 20.3 Å². The van der Waals surface area contributed by atoms with Crippen LogP contribution in [0.3, 0.4) is 0 Å². The van der Waals surface area contributed by atoms with E-state index in [-0.39, 0.29) is 12.4 Å². The second kappa shape index (κ2) is 12.9. The molecule has 0 bridgehead atoms. The molecule has 186 valence electrons. The fourth-order valence-electron chi connectivity index (χ4n) is 3.88. The van der Waals surface area contributed by atoms with Crippen LogP contribution in [0.2, 0.25) is 0 Å². The van der Waals surface area contributed by atoms with Crippen molar-refractivity contribution in [2.24, 2.45) is 5.16 Å². The summed E-state index contributed by atoms with van der Waals surface area (Å²) in [5.41, 5.74) is 5.78. The summed E-state index contributed by atoms with van der Waals surface area (Å²) in [7, 11) is 1.42. The summed E-state index contributed by atoms with van der Waals surface area (Å²) in [6.07, 6.45) is 9.53. The van der Waals surface area contributed by atoms with Crippen molar-refractivity contribution in [2.75, 3.05) is 44.8 Å². The second-order valence-corrected chi connectivity index (χ2v) is 8.14. The van der Waals surface area contributed by atoms with Gasteiger partial charge in [0.15, 0.2) is 0 Å². The molecule has 35 heavy (non-hydrogen) atoms. The molecule has 0 spiro atoms. The molecule has 0 N–H and O–H groups in total. The van der Waals surface area contributed by atoms with E-state index in [1.807, 2.05) is 24.3 Å². The summed E-state index contributed by atoms with van der Waals surface area (Å²) in [5.74, 6) is -0.825. The van der Waals surface area contributed by atoms with E-state index in [0.29, 0.717) is 18.7 Å². The summed E-state index contributed by atoms with van der Waals surface area (Å²) >= 11 is 0. The first-order chi connectivity index (χ1) is 16.9. The third kappa shape index (κ3) is 7.56. The Kier molecular flexibility index (Phi) is 9.69. The lowest BCUT2D eigenvalue weighted by Crippen LogP contribution is -2.47. The smallest absolute Gasteiger partial charge is 0.123 e. The van der Waals surface area contributed by atoms with Gasteiger partial charge in [-0.05, 0) is 42.7 Å². The number of hydrogen-bond acceptors (Lipinski definition) is 6. The fourth-order valence-corrected chi connectivity index (χ4v) is 3.88. The van der Waals surface area contributed by atoms with Crippen LogP contribution in [0.5, 0.6) is 0 Å². The molecule has 1 aliphatic heterocycles. The standard InChI is InChI=1S/C27H32F2N4O2/c1-5-24-18-30-21(3)26(11-8-22-6-9-25(29)10-7-22)27(24)32-12-14-33(15-13-32)35-19-23(16-20(2)28)17-31-34-4/h6-11,16-18H,2,5,12-15,19H2,1,3-4H3/b11-8+,23-16+,31-17-. The number of allylic oxidation sites excluding steroid dienone is 2. The Morgan fingerprint density at radius 2 is 1.89 bits per heavy atom. The number of oxime groups is 1. The van der Waals surface area contributed by atoms with E-state index in [4.69, 9.17) is 4.84 Å². The Bertz CT molecular complexity index is 1090. The lowest BCUT2D eigenvalue weighted by atomic mass is 10.0. The van der Waals surface area contributed by atoms with Crippen molar-refractivity contribution >= 4 is 24.1 Å². The molecule has 3 rings (SSSR count). The predicted octanol–water partition coefficient (Wildman–Crippen LogP) is 5.36. The number of hydrogen-bond donors (Lipinski definition) is 0. The van der Waals surface area contributed by atoms with Crippen LogP contribution in [0.1, 0.15) is 29.3 Å². The molecule has 1 saturated heterocycles. The molecule has 1 fully saturated rings. The average Bonchev–Trinajstić information content (AvgIpc) is 2.86. The molecule has 8 heteroatoms. The molecule has 2 aromatic rings. The molecule has 0 aliphatic carbocycles. The van der Waals surface area contributed by atoms with E-state index in [2.05, 4.69) is 39.5 Å². The van der Waals surface area contributed by atoms with Gasteiger partial charge < -0.3 is 9.74 Å². The van der Waals surface area contributed by atoms with Crippen molar-refractivity contribution in [3.63, 3.8) is 0 Å². The highest BCUT2D eigenvalue weighted by molar-refractivity contribution is 5.80. The minimum atomic E-state index is -0.572. The maximum atomic E-state index is 13.3. The van der Waals surface area contributed by atoms with Gasteiger partial charge in [-0.15, -0.1) is 0 Å². The number of aryl methyl sites for hydroxylation is 2. The predicted molar refractivity (Wildman–Crippen MR) is 137 cm³/mol. The van der Waals surface area contributed by atoms with Crippen LogP contribution in [0.4, 0.5) is 14.5 Å². The number of rotatable bonds is 10. The van der Waals surface area contributed by atoms with Gasteiger partial charge in [0.05, 0.1) is 18.5 Å². The summed E-state index contributed by atoms with van der Waals surface area (Å²) in [6.45, 7) is 10.4. The van der Waals surface area contributed by atoms with E-state index in [1.165, 1.54) is 42.8 Å². The molecule has 1 aromatic heterocycles. The van der Waals surface area contributed by atoms with Gasteiger partial charge in [-0.25, -0.2) is 8.78 Å². The zero-order chi connectivity index (χ0) is 25.2. The lowest BCUT2D eigenvalue weighted by molar-refractivity contribution is -0.151. The minimum absolute atomic E-state index is 0.163. The van der Waals surface area contributed by atoms with Gasteiger partial charge in [-0.1, -0.05) is 42.9 Å². The maximum absolute atomic E-state index is 13.3. The first-order valence-electron chi connectivity index (χ1n) is 11.6. The van der Waals surface area contributed by atoms with Crippen LogP contribution in [-0.2, 0) is 16.1 Å². The van der Waals surface area contributed by atoms with Crippen LogP contribution >= 0.6 is 0 Å². The van der Waals surface area contributed by atoms with Crippen molar-refractivity contribution in [1.82, 2.24) is 10.0 Å². The number of anilines is 1. The Labute approximate surface area is 205 Å². The number of pyridine rings is 1. The number of halogens is 2.